The van der Waals surface area contributed by atoms with E-state index in [4.69, 9.17) is 9.16 Å². The lowest BCUT2D eigenvalue weighted by Crippen LogP contribution is -2.71. The third-order valence-electron chi connectivity index (χ3n) is 9.12. The van der Waals surface area contributed by atoms with Gasteiger partial charge < -0.3 is 14.1 Å². The van der Waals surface area contributed by atoms with Crippen LogP contribution >= 0.6 is 11.8 Å². The number of nitrogens with zero attached hydrogens (tertiary/aromatic N) is 2. The molecule has 0 aromatic carbocycles. The van der Waals surface area contributed by atoms with E-state index in [2.05, 4.69) is 52.8 Å². The Hall–Kier alpha value is -2.46. The summed E-state index contributed by atoms with van der Waals surface area (Å²) in [7, 11) is -2.26. The Morgan fingerprint density at radius 1 is 1.19 bits per heavy atom. The highest BCUT2D eigenvalue weighted by molar-refractivity contribution is 8.00. The van der Waals surface area contributed by atoms with Crippen LogP contribution in [0.15, 0.2) is 31.0 Å². The van der Waals surface area contributed by atoms with E-state index < -0.39 is 49.9 Å². The Bertz CT molecular complexity index is 1140. The molecule has 42 heavy (non-hydrogen) atoms. The average molecular weight is 619 g/mol. The van der Waals surface area contributed by atoms with Gasteiger partial charge in [-0.3, -0.25) is 24.1 Å². The van der Waals surface area contributed by atoms with Crippen molar-refractivity contribution in [2.45, 2.75) is 88.9 Å². The summed E-state index contributed by atoms with van der Waals surface area (Å²) >= 11 is 1.59. The number of hydrogen-bond acceptors (Lipinski definition) is 8. The van der Waals surface area contributed by atoms with Crippen LogP contribution in [0.25, 0.3) is 0 Å². The van der Waals surface area contributed by atoms with Crippen molar-refractivity contribution < 1.29 is 33.1 Å². The fraction of sp³-hybridized carbons (Fsp3) is 0.677. The number of amides is 3. The van der Waals surface area contributed by atoms with Gasteiger partial charge in [0.2, 0.25) is 5.91 Å². The number of thioether (sulfide) groups is 1. The molecule has 0 aromatic heterocycles. The highest BCUT2D eigenvalue weighted by Gasteiger charge is 2.60. The van der Waals surface area contributed by atoms with E-state index in [1.54, 1.807) is 16.7 Å². The van der Waals surface area contributed by atoms with Gasteiger partial charge in [0.1, 0.15) is 6.61 Å². The number of β-lactam (4-membered cyclic amide) rings is 1. The highest BCUT2D eigenvalue weighted by Crippen LogP contribution is 2.45. The number of carbonyl (C=O) groups excluding carboxylic acids is 5. The van der Waals surface area contributed by atoms with Crippen LogP contribution in [0.3, 0.4) is 0 Å². The van der Waals surface area contributed by atoms with Gasteiger partial charge in [0.15, 0.2) is 14.1 Å². The van der Waals surface area contributed by atoms with Crippen LogP contribution in [-0.2, 0) is 28.3 Å². The van der Waals surface area contributed by atoms with Gasteiger partial charge in [-0.2, -0.15) is 11.8 Å². The zero-order valence-corrected chi connectivity index (χ0v) is 27.7. The number of hydrogen-bond donors (Lipinski definition) is 0. The van der Waals surface area contributed by atoms with Crippen LogP contribution in [0.4, 0.5) is 4.79 Å². The first-order chi connectivity index (χ1) is 19.6. The second-order valence-corrected chi connectivity index (χ2v) is 19.0. The van der Waals surface area contributed by atoms with Crippen LogP contribution in [0.2, 0.25) is 18.1 Å². The smallest absolute Gasteiger partial charge is 0.410 e. The molecule has 0 N–H and O–H groups in total. The van der Waals surface area contributed by atoms with Crippen molar-refractivity contribution in [2.75, 3.05) is 25.4 Å². The normalized spacial score (nSPS) is 27.1. The van der Waals surface area contributed by atoms with Crippen molar-refractivity contribution in [3.63, 3.8) is 0 Å². The molecule has 2 heterocycles. The van der Waals surface area contributed by atoms with Gasteiger partial charge in [-0.25, -0.2) is 4.79 Å². The molecule has 3 rings (SSSR count). The molecule has 2 aliphatic heterocycles. The van der Waals surface area contributed by atoms with Crippen LogP contribution in [0.5, 0.6) is 0 Å². The quantitative estimate of drug-likeness (QED) is 0.0813. The third kappa shape index (κ3) is 7.36. The fourth-order valence-corrected chi connectivity index (χ4v) is 8.70. The zero-order chi connectivity index (χ0) is 31.4. The molecule has 0 unspecified atom stereocenters. The molecule has 2 saturated heterocycles. The van der Waals surface area contributed by atoms with Crippen molar-refractivity contribution in [1.29, 1.82) is 0 Å². The molecule has 11 heteroatoms. The van der Waals surface area contributed by atoms with Crippen molar-refractivity contribution in [1.82, 2.24) is 9.80 Å². The molecule has 1 saturated carbocycles. The van der Waals surface area contributed by atoms with E-state index >= 15 is 0 Å². The first kappa shape index (κ1) is 34.0. The van der Waals surface area contributed by atoms with Gasteiger partial charge in [0.25, 0.3) is 5.78 Å². The summed E-state index contributed by atoms with van der Waals surface area (Å²) in [5.74, 6) is -2.58. The van der Waals surface area contributed by atoms with Gasteiger partial charge in [-0.1, -0.05) is 46.4 Å². The number of ketones is 2. The van der Waals surface area contributed by atoms with E-state index in [0.717, 1.165) is 29.6 Å². The molecular formula is C31H46N2O7SSi. The van der Waals surface area contributed by atoms with Crippen LogP contribution in [-0.4, -0.2) is 90.4 Å². The maximum absolute atomic E-state index is 13.9. The number of carbonyl (C=O) groups is 5. The van der Waals surface area contributed by atoms with E-state index in [1.165, 1.54) is 6.08 Å². The molecule has 0 bridgehead atoms. The molecular weight excluding hydrogens is 573 g/mol. The summed E-state index contributed by atoms with van der Waals surface area (Å²) < 4.78 is 11.7. The van der Waals surface area contributed by atoms with E-state index in [-0.39, 0.29) is 34.7 Å². The maximum atomic E-state index is 13.9. The van der Waals surface area contributed by atoms with Crippen LogP contribution in [0, 0.1) is 17.8 Å². The highest BCUT2D eigenvalue weighted by atomic mass is 32.2. The van der Waals surface area contributed by atoms with Crippen LogP contribution in [0.1, 0.15) is 53.4 Å². The average Bonchev–Trinajstić information content (AvgIpc) is 3.38. The summed E-state index contributed by atoms with van der Waals surface area (Å²) in [6.45, 7) is 20.7. The lowest BCUT2D eigenvalue weighted by molar-refractivity contribution is -0.178. The molecule has 0 radical (unpaired) electrons. The number of imide groups is 1. The van der Waals surface area contributed by atoms with Gasteiger partial charge in [0, 0.05) is 25.1 Å². The molecule has 3 amide bonds. The van der Waals surface area contributed by atoms with Gasteiger partial charge in [-0.15, -0.1) is 5.73 Å². The maximum Gasteiger partial charge on any atom is 0.410 e. The second kappa shape index (κ2) is 13.9. The standard InChI is InChI=1S/C31H46N2O7SSi/c1-9-12-23(34)28(36)33-26(25(29(33)37)20(3)40-42(7,8)31(4,5)6)22-13-11-14-24(27(22)35)41-19-21-15-16-32(18-21)30(38)39-17-10-2/h10,12,20-22,24-26H,1-2,11,13-19H2,3-8H3/t20-,21-,22-,24+,25-,26-/m1/s1. The number of likely N-dealkylation sites (tertiary alicyclic amines) is 2. The fourth-order valence-electron chi connectivity index (χ4n) is 5.82. The second-order valence-electron chi connectivity index (χ2n) is 13.1. The number of rotatable bonds is 11. The van der Waals surface area contributed by atoms with E-state index in [9.17, 15) is 24.0 Å². The summed E-state index contributed by atoms with van der Waals surface area (Å²) in [5, 5.41) is -0.371. The lowest BCUT2D eigenvalue weighted by atomic mass is 9.70. The van der Waals surface area contributed by atoms with Crippen molar-refractivity contribution in [3.05, 3.63) is 31.0 Å². The predicted molar refractivity (Wildman–Crippen MR) is 165 cm³/mol. The number of Topliss-reactive ketones (excluding diaryl/α,β-unsaturated/α-hetero) is 1. The summed E-state index contributed by atoms with van der Waals surface area (Å²) in [6, 6.07) is -0.732. The van der Waals surface area contributed by atoms with Gasteiger partial charge in [-0.05, 0) is 56.0 Å². The monoisotopic (exact) mass is 618 g/mol. The zero-order valence-electron chi connectivity index (χ0n) is 25.9. The minimum absolute atomic E-state index is 0.0121. The summed E-state index contributed by atoms with van der Waals surface area (Å²) in [6.07, 6.45) is 4.46. The molecule has 0 spiro atoms. The Balaban J connectivity index is 1.75. The van der Waals surface area contributed by atoms with Crippen molar-refractivity contribution in [2.24, 2.45) is 17.8 Å². The molecule has 6 atom stereocenters. The molecule has 3 aliphatic rings. The first-order valence-electron chi connectivity index (χ1n) is 14.8. The number of ether oxygens (including phenoxy) is 1. The Labute approximate surface area is 255 Å². The van der Waals surface area contributed by atoms with E-state index in [0.29, 0.717) is 25.9 Å². The minimum Gasteiger partial charge on any atom is -0.445 e. The molecule has 0 aromatic rings. The van der Waals surface area contributed by atoms with Gasteiger partial charge in [0.05, 0.1) is 23.3 Å². The largest absolute Gasteiger partial charge is 0.445 e. The van der Waals surface area contributed by atoms with Gasteiger partial charge >= 0.3 is 12.0 Å². The summed E-state index contributed by atoms with van der Waals surface area (Å²) in [5.41, 5.74) is 2.31. The van der Waals surface area contributed by atoms with Crippen LogP contribution < -0.4 is 0 Å². The molecule has 232 valence electrons. The lowest BCUT2D eigenvalue weighted by Gasteiger charge is -2.53. The minimum atomic E-state index is -2.26. The van der Waals surface area contributed by atoms with Crippen molar-refractivity contribution >= 4 is 49.6 Å². The first-order valence-corrected chi connectivity index (χ1v) is 18.7. The molecule has 9 nitrogen and oxygen atoms in total. The molecule has 1 aliphatic carbocycles. The van der Waals surface area contributed by atoms with E-state index in [1.807, 2.05) is 6.92 Å². The van der Waals surface area contributed by atoms with Crippen molar-refractivity contribution in [3.8, 4) is 0 Å². The Kier molecular flexibility index (Phi) is 11.3. The Morgan fingerprint density at radius 3 is 2.50 bits per heavy atom. The SMILES string of the molecule is C=C=CC(=O)C(=O)N1C(=O)[C@H]([C@@H](C)O[Si](C)(C)C(C)(C)C)[C@H]1[C@H]1CCC[C@H](SC[C@@H]2CCN(C(=O)OCC=C)C2)C1=O. The summed E-state index contributed by atoms with van der Waals surface area (Å²) in [4.78, 5) is 67.8. The topological polar surface area (TPSA) is 110 Å². The Morgan fingerprint density at radius 2 is 1.88 bits per heavy atom. The molecule has 3 fully saturated rings. The predicted octanol–water partition coefficient (Wildman–Crippen LogP) is 4.78. The third-order valence-corrected chi connectivity index (χ3v) is 15.2.